The van der Waals surface area contributed by atoms with Gasteiger partial charge >= 0.3 is 6.18 Å². The molecule has 0 aliphatic heterocycles. The number of benzene rings is 1. The molecule has 0 heterocycles. The molecule has 0 saturated heterocycles. The van der Waals surface area contributed by atoms with Crippen LogP contribution in [0.25, 0.3) is 0 Å². The Hall–Kier alpha value is -0.890. The van der Waals surface area contributed by atoms with Gasteiger partial charge in [-0.15, -0.1) is 0 Å². The Morgan fingerprint density at radius 1 is 1.08 bits per heavy atom. The minimum atomic E-state index is -4.32. The van der Waals surface area contributed by atoms with Crippen molar-refractivity contribution in [3.8, 4) is 0 Å². The van der Waals surface area contributed by atoms with E-state index in [0.29, 0.717) is 5.30 Å². The number of alkyl halides is 3. The molecule has 0 aliphatic carbocycles. The third kappa shape index (κ3) is 2.05. The predicted molar refractivity (Wildman–Crippen MR) is 38.7 cm³/mol. The molecule has 0 aromatic heterocycles. The highest BCUT2D eigenvalue weighted by atomic mass is 31.1. The molecule has 0 fully saturated rings. The number of hydrogen-bond acceptors (Lipinski definition) is 1. The van der Waals surface area contributed by atoms with Gasteiger partial charge in [0.05, 0.1) is 5.56 Å². The highest BCUT2D eigenvalue weighted by molar-refractivity contribution is 7.34. The van der Waals surface area contributed by atoms with Gasteiger partial charge in [0.1, 0.15) is 0 Å². The zero-order valence-corrected chi connectivity index (χ0v) is 6.69. The zero-order valence-electron chi connectivity index (χ0n) is 5.80. The summed E-state index contributed by atoms with van der Waals surface area (Å²) < 4.78 is 46.0. The summed E-state index contributed by atoms with van der Waals surface area (Å²) in [7, 11) is -0.268. The second-order valence-corrected chi connectivity index (χ2v) is 2.83. The van der Waals surface area contributed by atoms with Crippen molar-refractivity contribution in [1.82, 2.24) is 0 Å². The first kappa shape index (κ1) is 9.20. The van der Waals surface area contributed by atoms with Crippen molar-refractivity contribution < 1.29 is 17.7 Å². The molecular weight excluding hydrogens is 188 g/mol. The van der Waals surface area contributed by atoms with Crippen LogP contribution in [0.3, 0.4) is 0 Å². The smallest absolute Gasteiger partial charge is 0.269 e. The van der Waals surface area contributed by atoms with E-state index in [1.807, 2.05) is 0 Å². The standard InChI is InChI=1S/C7H4F3OP/c8-7(9,10)5-1-3-6(12-11)4-2-5/h1-4H. The van der Waals surface area contributed by atoms with E-state index in [2.05, 4.69) is 0 Å². The second kappa shape index (κ2) is 3.23. The quantitative estimate of drug-likeness (QED) is 0.625. The Morgan fingerprint density at radius 2 is 1.58 bits per heavy atom. The maximum Gasteiger partial charge on any atom is 0.416 e. The van der Waals surface area contributed by atoms with Crippen LogP contribution in [0.5, 0.6) is 0 Å². The summed E-state index contributed by atoms with van der Waals surface area (Å²) in [4.78, 5) is 0. The molecule has 1 aromatic rings. The lowest BCUT2D eigenvalue weighted by atomic mass is 10.2. The van der Waals surface area contributed by atoms with Crippen LogP contribution in [0.2, 0.25) is 0 Å². The van der Waals surface area contributed by atoms with E-state index in [9.17, 15) is 17.7 Å². The van der Waals surface area contributed by atoms with E-state index in [-0.39, 0.29) is 8.46 Å². The van der Waals surface area contributed by atoms with Crippen LogP contribution in [-0.4, -0.2) is 0 Å². The van der Waals surface area contributed by atoms with Gasteiger partial charge in [0.25, 0.3) is 0 Å². The molecule has 1 aromatic carbocycles. The van der Waals surface area contributed by atoms with Crippen molar-refractivity contribution >= 4 is 13.8 Å². The summed E-state index contributed by atoms with van der Waals surface area (Å²) in [6, 6.07) is 4.16. The van der Waals surface area contributed by atoms with Crippen LogP contribution in [0.1, 0.15) is 5.56 Å². The van der Waals surface area contributed by atoms with E-state index in [1.54, 1.807) is 0 Å². The fourth-order valence-electron chi connectivity index (χ4n) is 0.711. The lowest BCUT2D eigenvalue weighted by molar-refractivity contribution is -0.137. The Bertz CT molecular complexity index is 278. The Kier molecular flexibility index (Phi) is 2.48. The average molecular weight is 192 g/mol. The zero-order chi connectivity index (χ0) is 9.19. The molecule has 0 aliphatic rings. The highest BCUT2D eigenvalue weighted by Gasteiger charge is 2.29. The van der Waals surface area contributed by atoms with Crippen LogP contribution in [0, 0.1) is 0 Å². The first-order valence-electron chi connectivity index (χ1n) is 3.04. The maximum atomic E-state index is 11.9. The molecule has 1 nitrogen and oxygen atoms in total. The largest absolute Gasteiger partial charge is 0.416 e. The van der Waals surface area contributed by atoms with Gasteiger partial charge in [0, 0.05) is 5.30 Å². The van der Waals surface area contributed by atoms with Crippen molar-refractivity contribution in [2.45, 2.75) is 6.18 Å². The van der Waals surface area contributed by atoms with E-state index >= 15 is 0 Å². The van der Waals surface area contributed by atoms with Crippen LogP contribution in [0.4, 0.5) is 13.2 Å². The van der Waals surface area contributed by atoms with Crippen molar-refractivity contribution in [2.75, 3.05) is 0 Å². The summed E-state index contributed by atoms with van der Waals surface area (Å²) in [5.41, 5.74) is -0.727. The molecule has 5 heteroatoms. The van der Waals surface area contributed by atoms with Crippen LogP contribution in [0.15, 0.2) is 24.3 Å². The maximum absolute atomic E-state index is 11.9. The number of hydrogen-bond donors (Lipinski definition) is 0. The monoisotopic (exact) mass is 192 g/mol. The minimum absolute atomic E-state index is 0.268. The van der Waals surface area contributed by atoms with E-state index in [0.717, 1.165) is 12.1 Å². The van der Waals surface area contributed by atoms with Gasteiger partial charge in [-0.05, 0) is 24.3 Å². The lowest BCUT2D eigenvalue weighted by Crippen LogP contribution is -2.05. The van der Waals surface area contributed by atoms with Gasteiger partial charge in [-0.1, -0.05) is 0 Å². The van der Waals surface area contributed by atoms with Crippen molar-refractivity contribution in [1.29, 1.82) is 0 Å². The van der Waals surface area contributed by atoms with Gasteiger partial charge in [0.2, 0.25) is 0 Å². The molecular formula is C7H4F3OP. The minimum Gasteiger partial charge on any atom is -0.269 e. The van der Waals surface area contributed by atoms with Gasteiger partial charge < -0.3 is 0 Å². The summed E-state index contributed by atoms with van der Waals surface area (Å²) in [6.07, 6.45) is -4.32. The molecule has 1 rings (SSSR count). The summed E-state index contributed by atoms with van der Waals surface area (Å²) in [6.45, 7) is 0. The topological polar surface area (TPSA) is 17.1 Å². The Balaban J connectivity index is 3.00. The molecule has 0 saturated carbocycles. The van der Waals surface area contributed by atoms with Gasteiger partial charge in [-0.2, -0.15) is 13.2 Å². The highest BCUT2D eigenvalue weighted by Crippen LogP contribution is 2.28. The molecule has 0 atom stereocenters. The van der Waals surface area contributed by atoms with Crippen molar-refractivity contribution in [3.63, 3.8) is 0 Å². The molecule has 0 bridgehead atoms. The summed E-state index contributed by atoms with van der Waals surface area (Å²) in [5.74, 6) is 0. The van der Waals surface area contributed by atoms with Crippen LogP contribution in [-0.2, 0) is 10.7 Å². The third-order valence-corrected chi connectivity index (χ3v) is 1.81. The summed E-state index contributed by atoms with van der Waals surface area (Å²) >= 11 is 0. The van der Waals surface area contributed by atoms with E-state index in [4.69, 9.17) is 0 Å². The first-order chi connectivity index (χ1) is 5.54. The normalized spacial score (nSPS) is 11.9. The van der Waals surface area contributed by atoms with Crippen LogP contribution >= 0.6 is 8.46 Å². The van der Waals surface area contributed by atoms with Gasteiger partial charge in [0.15, 0.2) is 8.46 Å². The van der Waals surface area contributed by atoms with E-state index < -0.39 is 11.7 Å². The number of rotatable bonds is 1. The van der Waals surface area contributed by atoms with Crippen LogP contribution < -0.4 is 5.30 Å². The predicted octanol–water partition coefficient (Wildman–Crippen LogP) is 2.62. The Morgan fingerprint density at radius 3 is 1.92 bits per heavy atom. The molecule has 12 heavy (non-hydrogen) atoms. The average Bonchev–Trinajstić information content (AvgIpc) is 2.03. The fourth-order valence-corrected chi connectivity index (χ4v) is 0.982. The van der Waals surface area contributed by atoms with Crippen molar-refractivity contribution in [2.24, 2.45) is 0 Å². The molecule has 0 spiro atoms. The Labute approximate surface area is 68.4 Å². The van der Waals surface area contributed by atoms with Crippen molar-refractivity contribution in [3.05, 3.63) is 29.8 Å². The third-order valence-electron chi connectivity index (χ3n) is 1.30. The SMILES string of the molecule is O=Pc1ccc(C(F)(F)F)cc1. The molecule has 0 N–H and O–H groups in total. The number of halogens is 3. The molecule has 0 amide bonds. The van der Waals surface area contributed by atoms with Gasteiger partial charge in [-0.3, -0.25) is 4.57 Å². The molecule has 64 valence electrons. The molecule has 0 unspecified atom stereocenters. The lowest BCUT2D eigenvalue weighted by Gasteiger charge is -2.04. The first-order valence-corrected chi connectivity index (χ1v) is 3.86. The second-order valence-electron chi connectivity index (χ2n) is 2.14. The van der Waals surface area contributed by atoms with Gasteiger partial charge in [-0.25, -0.2) is 0 Å². The van der Waals surface area contributed by atoms with E-state index in [1.165, 1.54) is 12.1 Å². The summed E-state index contributed by atoms with van der Waals surface area (Å²) in [5, 5.41) is 0.336. The molecule has 0 radical (unpaired) electrons. The fraction of sp³-hybridized carbons (Fsp3) is 0.143.